The third kappa shape index (κ3) is 4.55. The van der Waals surface area contributed by atoms with Crippen LogP contribution in [0.1, 0.15) is 103 Å². The molecule has 0 aromatic rings. The average Bonchev–Trinajstić information content (AvgIpc) is 2.76. The van der Waals surface area contributed by atoms with Crippen molar-refractivity contribution >= 4 is 11.9 Å². The largest absolute Gasteiger partial charge is 0.458 e. The minimum absolute atomic E-state index is 0.102. The molecule has 0 unspecified atom stereocenters. The molecule has 0 radical (unpaired) electrons. The Balaban J connectivity index is 1.48. The molecular formula is C24H38O6. The third-order valence-electron chi connectivity index (χ3n) is 8.20. The Bertz CT molecular complexity index is 569. The van der Waals surface area contributed by atoms with E-state index in [1.165, 1.54) is 0 Å². The van der Waals surface area contributed by atoms with Crippen LogP contribution in [0.4, 0.5) is 0 Å². The lowest BCUT2D eigenvalue weighted by Gasteiger charge is -2.54. The van der Waals surface area contributed by atoms with E-state index in [0.29, 0.717) is 12.8 Å². The first-order valence-corrected chi connectivity index (χ1v) is 12.3. The number of carbonyl (C=O) groups is 2. The van der Waals surface area contributed by atoms with Crippen molar-refractivity contribution in [1.82, 2.24) is 0 Å². The van der Waals surface area contributed by atoms with Gasteiger partial charge in [-0.3, -0.25) is 9.59 Å². The van der Waals surface area contributed by atoms with Crippen LogP contribution in [0.25, 0.3) is 0 Å². The normalized spacial score (nSPS) is 38.5. The van der Waals surface area contributed by atoms with E-state index < -0.39 is 23.4 Å². The zero-order valence-electron chi connectivity index (χ0n) is 18.2. The highest BCUT2D eigenvalue weighted by atomic mass is 16.6. The van der Waals surface area contributed by atoms with Crippen molar-refractivity contribution in [1.29, 1.82) is 0 Å². The summed E-state index contributed by atoms with van der Waals surface area (Å²) < 4.78 is 11.8. The van der Waals surface area contributed by atoms with Gasteiger partial charge in [0, 0.05) is 12.8 Å². The predicted molar refractivity (Wildman–Crippen MR) is 111 cm³/mol. The summed E-state index contributed by atoms with van der Waals surface area (Å²) in [6, 6.07) is 0. The molecule has 6 nitrogen and oxygen atoms in total. The van der Waals surface area contributed by atoms with Gasteiger partial charge in [-0.25, -0.2) is 0 Å². The van der Waals surface area contributed by atoms with Crippen molar-refractivity contribution in [2.24, 2.45) is 11.8 Å². The van der Waals surface area contributed by atoms with Gasteiger partial charge in [-0.15, -0.1) is 0 Å². The fraction of sp³-hybridized carbons (Fsp3) is 0.917. The standard InChI is InChI=1S/C24H38O6/c25-21(17-9-3-1-4-10-17)29-19-15-23(27)13-7-8-14-24(23,28)16-20(19)30-22(26)18-11-5-2-6-12-18/h17-20,27-28H,1-16H2/t19-,20-,23+,24+/m1/s1. The van der Waals surface area contributed by atoms with Gasteiger partial charge in [0.1, 0.15) is 12.2 Å². The van der Waals surface area contributed by atoms with Gasteiger partial charge in [0.05, 0.1) is 23.0 Å². The summed E-state index contributed by atoms with van der Waals surface area (Å²) in [6.45, 7) is 0. The van der Waals surface area contributed by atoms with E-state index in [0.717, 1.165) is 77.0 Å². The molecule has 0 aromatic carbocycles. The highest BCUT2D eigenvalue weighted by molar-refractivity contribution is 5.74. The first-order chi connectivity index (χ1) is 14.4. The summed E-state index contributed by atoms with van der Waals surface area (Å²) >= 11 is 0. The van der Waals surface area contributed by atoms with Crippen molar-refractivity contribution in [3.8, 4) is 0 Å². The van der Waals surface area contributed by atoms with E-state index in [9.17, 15) is 19.8 Å². The molecule has 2 N–H and O–H groups in total. The molecule has 4 rings (SSSR count). The van der Waals surface area contributed by atoms with Gasteiger partial charge in [0.25, 0.3) is 0 Å². The van der Waals surface area contributed by atoms with Crippen LogP contribution in [0.3, 0.4) is 0 Å². The molecule has 0 aliphatic heterocycles. The first kappa shape index (κ1) is 22.1. The second kappa shape index (κ2) is 9.15. The SMILES string of the molecule is O=C(O[C@@H]1C[C@@]2(O)CCCC[C@]2(O)C[C@H]1OC(=O)C1CCCCC1)C1CCCCC1. The van der Waals surface area contributed by atoms with Gasteiger partial charge in [0.15, 0.2) is 0 Å². The molecule has 0 heterocycles. The van der Waals surface area contributed by atoms with Gasteiger partial charge < -0.3 is 19.7 Å². The second-order valence-corrected chi connectivity index (χ2v) is 10.3. The van der Waals surface area contributed by atoms with E-state index >= 15 is 0 Å². The summed E-state index contributed by atoms with van der Waals surface area (Å²) in [4.78, 5) is 25.7. The van der Waals surface area contributed by atoms with Gasteiger partial charge in [-0.1, -0.05) is 51.4 Å². The van der Waals surface area contributed by atoms with Crippen molar-refractivity contribution in [3.63, 3.8) is 0 Å². The number of rotatable bonds is 4. The lowest BCUT2D eigenvalue weighted by Crippen LogP contribution is -2.65. The van der Waals surface area contributed by atoms with Crippen LogP contribution in [-0.4, -0.2) is 45.6 Å². The number of carbonyl (C=O) groups excluding carboxylic acids is 2. The Morgan fingerprint density at radius 1 is 0.600 bits per heavy atom. The summed E-state index contributed by atoms with van der Waals surface area (Å²) in [5.74, 6) is -0.669. The number of hydrogen-bond donors (Lipinski definition) is 2. The number of fused-ring (bicyclic) bond motifs is 1. The maximum atomic E-state index is 12.8. The van der Waals surface area contributed by atoms with Crippen LogP contribution in [0.2, 0.25) is 0 Å². The van der Waals surface area contributed by atoms with Crippen molar-refractivity contribution in [2.45, 2.75) is 126 Å². The van der Waals surface area contributed by atoms with Crippen molar-refractivity contribution in [2.75, 3.05) is 0 Å². The molecular weight excluding hydrogens is 384 g/mol. The highest BCUT2D eigenvalue weighted by Gasteiger charge is 2.59. The van der Waals surface area contributed by atoms with Crippen LogP contribution >= 0.6 is 0 Å². The molecule has 0 saturated heterocycles. The Morgan fingerprint density at radius 2 is 0.967 bits per heavy atom. The third-order valence-corrected chi connectivity index (χ3v) is 8.20. The maximum Gasteiger partial charge on any atom is 0.309 e. The highest BCUT2D eigenvalue weighted by Crippen LogP contribution is 2.48. The van der Waals surface area contributed by atoms with Crippen LogP contribution in [0, 0.1) is 11.8 Å². The molecule has 4 fully saturated rings. The molecule has 0 aromatic heterocycles. The Labute approximate surface area is 179 Å². The smallest absolute Gasteiger partial charge is 0.309 e. The van der Waals surface area contributed by atoms with Crippen molar-refractivity contribution in [3.05, 3.63) is 0 Å². The van der Waals surface area contributed by atoms with E-state index in [-0.39, 0.29) is 36.6 Å². The van der Waals surface area contributed by atoms with Gasteiger partial charge in [-0.2, -0.15) is 0 Å². The minimum Gasteiger partial charge on any atom is -0.458 e. The second-order valence-electron chi connectivity index (χ2n) is 10.3. The van der Waals surface area contributed by atoms with Crippen LogP contribution in [0.5, 0.6) is 0 Å². The Morgan fingerprint density at radius 3 is 1.33 bits per heavy atom. The molecule has 4 atom stereocenters. The quantitative estimate of drug-likeness (QED) is 0.670. The topological polar surface area (TPSA) is 93.1 Å². The molecule has 6 heteroatoms. The Hall–Kier alpha value is -1.14. The zero-order chi connectivity index (χ0) is 21.2. The number of esters is 2. The number of hydrogen-bond acceptors (Lipinski definition) is 6. The zero-order valence-corrected chi connectivity index (χ0v) is 18.2. The molecule has 170 valence electrons. The molecule has 4 aliphatic rings. The fourth-order valence-electron chi connectivity index (χ4n) is 6.22. The van der Waals surface area contributed by atoms with E-state index in [1.54, 1.807) is 0 Å². The molecule has 0 amide bonds. The number of ether oxygens (including phenoxy) is 2. The van der Waals surface area contributed by atoms with E-state index in [2.05, 4.69) is 0 Å². The predicted octanol–water partition coefficient (Wildman–Crippen LogP) is 3.80. The summed E-state index contributed by atoms with van der Waals surface area (Å²) in [7, 11) is 0. The summed E-state index contributed by atoms with van der Waals surface area (Å²) in [5, 5.41) is 22.5. The fourth-order valence-corrected chi connectivity index (χ4v) is 6.22. The first-order valence-electron chi connectivity index (χ1n) is 12.3. The lowest BCUT2D eigenvalue weighted by molar-refractivity contribution is -0.249. The van der Waals surface area contributed by atoms with Crippen LogP contribution in [0.15, 0.2) is 0 Å². The van der Waals surface area contributed by atoms with Crippen LogP contribution < -0.4 is 0 Å². The average molecular weight is 423 g/mol. The van der Waals surface area contributed by atoms with E-state index in [4.69, 9.17) is 9.47 Å². The van der Waals surface area contributed by atoms with Crippen LogP contribution in [-0.2, 0) is 19.1 Å². The van der Waals surface area contributed by atoms with Crippen molar-refractivity contribution < 1.29 is 29.3 Å². The van der Waals surface area contributed by atoms with E-state index in [1.807, 2.05) is 0 Å². The molecule has 0 spiro atoms. The lowest BCUT2D eigenvalue weighted by atomic mass is 9.62. The monoisotopic (exact) mass is 422 g/mol. The molecule has 0 bridgehead atoms. The number of aliphatic hydroxyl groups is 2. The van der Waals surface area contributed by atoms with Gasteiger partial charge in [0.2, 0.25) is 0 Å². The summed E-state index contributed by atoms with van der Waals surface area (Å²) in [5.41, 5.74) is -2.56. The minimum atomic E-state index is -1.28. The molecule has 4 saturated carbocycles. The van der Waals surface area contributed by atoms with Gasteiger partial charge >= 0.3 is 11.9 Å². The Kier molecular flexibility index (Phi) is 6.73. The van der Waals surface area contributed by atoms with Gasteiger partial charge in [-0.05, 0) is 38.5 Å². The summed E-state index contributed by atoms with van der Waals surface area (Å²) in [6.07, 6.45) is 11.4. The maximum absolute atomic E-state index is 12.8. The molecule has 30 heavy (non-hydrogen) atoms. The molecule has 4 aliphatic carbocycles.